The van der Waals surface area contributed by atoms with Crippen LogP contribution in [-0.4, -0.2) is 62.9 Å². The van der Waals surface area contributed by atoms with Crippen molar-refractivity contribution in [3.8, 4) is 0 Å². The van der Waals surface area contributed by atoms with Crippen molar-refractivity contribution in [3.63, 3.8) is 0 Å². The highest BCUT2D eigenvalue weighted by Gasteiger charge is 2.54. The van der Waals surface area contributed by atoms with Crippen LogP contribution in [0.15, 0.2) is 11.3 Å². The van der Waals surface area contributed by atoms with Crippen molar-refractivity contribution in [3.05, 3.63) is 11.3 Å². The quantitative estimate of drug-likeness (QED) is 0.236. The number of hydrogen-bond acceptors (Lipinski definition) is 6. The fraction of sp³-hybridized carbons (Fsp3) is 0.625. The van der Waals surface area contributed by atoms with E-state index in [1.807, 2.05) is 0 Å². The third-order valence-corrected chi connectivity index (χ3v) is 5.95. The van der Waals surface area contributed by atoms with Gasteiger partial charge in [0.15, 0.2) is 0 Å². The standard InChI is InChI=1S/C16H21BrN2O6S/c1-9(20)25-7-10-8-26-15-12(14(22)19(15)13(10)16(23)24)18-11(21)5-3-2-4-6-17/h12,15H,2-8H2,1H3,(H,18,21)(H,23,24)/t12-,15-/m1/s1. The summed E-state index contributed by atoms with van der Waals surface area (Å²) in [5, 5.41) is 12.6. The molecule has 0 saturated carbocycles. The normalized spacial score (nSPS) is 21.8. The third kappa shape index (κ3) is 4.79. The molecule has 26 heavy (non-hydrogen) atoms. The van der Waals surface area contributed by atoms with E-state index in [2.05, 4.69) is 21.2 Å². The molecule has 0 bridgehead atoms. The highest BCUT2D eigenvalue weighted by atomic mass is 79.9. The molecule has 0 aromatic heterocycles. The topological polar surface area (TPSA) is 113 Å². The highest BCUT2D eigenvalue weighted by Crippen LogP contribution is 2.40. The number of carboxylic acid groups (broad SMARTS) is 1. The molecule has 0 radical (unpaired) electrons. The Kier molecular flexibility index (Phi) is 7.51. The first-order valence-corrected chi connectivity index (χ1v) is 10.4. The number of hydrogen-bond donors (Lipinski definition) is 2. The highest BCUT2D eigenvalue weighted by molar-refractivity contribution is 9.09. The van der Waals surface area contributed by atoms with Gasteiger partial charge in [-0.25, -0.2) is 4.79 Å². The summed E-state index contributed by atoms with van der Waals surface area (Å²) in [6, 6.07) is -0.715. The Morgan fingerprint density at radius 1 is 1.35 bits per heavy atom. The summed E-state index contributed by atoms with van der Waals surface area (Å²) in [5.41, 5.74) is 0.227. The molecule has 1 saturated heterocycles. The number of carbonyl (C=O) groups is 4. The number of amides is 2. The molecule has 0 aromatic rings. The number of nitrogens with zero attached hydrogens (tertiary/aromatic N) is 1. The van der Waals surface area contributed by atoms with Crippen LogP contribution in [-0.2, 0) is 23.9 Å². The number of ether oxygens (including phenoxy) is 1. The molecule has 1 fully saturated rings. The SMILES string of the molecule is CC(=O)OCC1=C(C(=O)O)N2C(=O)[C@@H](NC(=O)CCCCCBr)[C@H]2SC1. The molecule has 144 valence electrons. The fourth-order valence-electron chi connectivity index (χ4n) is 2.79. The zero-order chi connectivity index (χ0) is 19.3. The van der Waals surface area contributed by atoms with Gasteiger partial charge in [-0.2, -0.15) is 0 Å². The lowest BCUT2D eigenvalue weighted by Gasteiger charge is -2.49. The fourth-order valence-corrected chi connectivity index (χ4v) is 4.51. The monoisotopic (exact) mass is 448 g/mol. The van der Waals surface area contributed by atoms with E-state index in [0.29, 0.717) is 17.7 Å². The number of carboxylic acids is 1. The van der Waals surface area contributed by atoms with Crippen LogP contribution in [0, 0.1) is 0 Å². The molecular formula is C16H21BrN2O6S. The van der Waals surface area contributed by atoms with Crippen molar-refractivity contribution in [1.29, 1.82) is 0 Å². The van der Waals surface area contributed by atoms with Crippen LogP contribution in [0.2, 0.25) is 0 Å². The molecule has 2 heterocycles. The molecule has 2 amide bonds. The number of rotatable bonds is 9. The second-order valence-electron chi connectivity index (χ2n) is 5.99. The van der Waals surface area contributed by atoms with Crippen LogP contribution < -0.4 is 5.32 Å². The van der Waals surface area contributed by atoms with Gasteiger partial charge in [-0.05, 0) is 12.8 Å². The van der Waals surface area contributed by atoms with E-state index in [0.717, 1.165) is 24.6 Å². The number of nitrogens with one attached hydrogen (secondary N) is 1. The second kappa shape index (κ2) is 9.40. The van der Waals surface area contributed by atoms with Gasteiger partial charge in [-0.15, -0.1) is 11.8 Å². The molecule has 0 aromatic carbocycles. The number of β-lactam (4-membered cyclic amide) rings is 1. The molecule has 0 unspecified atom stereocenters. The van der Waals surface area contributed by atoms with E-state index in [1.54, 1.807) is 0 Å². The van der Waals surface area contributed by atoms with Crippen LogP contribution in [0.3, 0.4) is 0 Å². The number of halogens is 1. The Morgan fingerprint density at radius 3 is 2.69 bits per heavy atom. The molecule has 8 nitrogen and oxygen atoms in total. The maximum atomic E-state index is 12.4. The summed E-state index contributed by atoms with van der Waals surface area (Å²) in [7, 11) is 0. The summed E-state index contributed by atoms with van der Waals surface area (Å²) in [4.78, 5) is 48.1. The predicted octanol–water partition coefficient (Wildman–Crippen LogP) is 1.24. The van der Waals surface area contributed by atoms with Gasteiger partial charge in [0, 0.05) is 30.0 Å². The summed E-state index contributed by atoms with van der Waals surface area (Å²) in [6.07, 6.45) is 2.99. The summed E-state index contributed by atoms with van der Waals surface area (Å²) >= 11 is 4.68. The number of esters is 1. The van der Waals surface area contributed by atoms with E-state index >= 15 is 0 Å². The van der Waals surface area contributed by atoms with E-state index in [9.17, 15) is 24.3 Å². The van der Waals surface area contributed by atoms with Crippen molar-refractivity contribution < 1.29 is 29.0 Å². The maximum absolute atomic E-state index is 12.4. The smallest absolute Gasteiger partial charge is 0.352 e. The van der Waals surface area contributed by atoms with E-state index < -0.39 is 29.3 Å². The molecule has 2 aliphatic heterocycles. The summed E-state index contributed by atoms with van der Waals surface area (Å²) < 4.78 is 4.88. The Bertz CT molecular complexity index is 638. The molecule has 0 spiro atoms. The Morgan fingerprint density at radius 2 is 2.08 bits per heavy atom. The minimum Gasteiger partial charge on any atom is -0.477 e. The first-order chi connectivity index (χ1) is 12.4. The summed E-state index contributed by atoms with van der Waals surface area (Å²) in [6.45, 7) is 1.07. The van der Waals surface area contributed by atoms with Crippen LogP contribution in [0.4, 0.5) is 0 Å². The number of alkyl halides is 1. The van der Waals surface area contributed by atoms with E-state index in [1.165, 1.54) is 23.6 Å². The van der Waals surface area contributed by atoms with Gasteiger partial charge >= 0.3 is 11.9 Å². The number of unbranched alkanes of at least 4 members (excludes halogenated alkanes) is 2. The molecule has 2 aliphatic rings. The first kappa shape index (κ1) is 20.8. The first-order valence-electron chi connectivity index (χ1n) is 8.25. The zero-order valence-electron chi connectivity index (χ0n) is 14.3. The second-order valence-corrected chi connectivity index (χ2v) is 7.89. The molecule has 2 rings (SSSR count). The van der Waals surface area contributed by atoms with Gasteiger partial charge in [0.2, 0.25) is 5.91 Å². The van der Waals surface area contributed by atoms with Crippen molar-refractivity contribution >= 4 is 51.4 Å². The lowest BCUT2D eigenvalue weighted by atomic mass is 10.0. The van der Waals surface area contributed by atoms with Gasteiger partial charge in [0.25, 0.3) is 5.91 Å². The van der Waals surface area contributed by atoms with Crippen molar-refractivity contribution in [2.45, 2.75) is 44.0 Å². The van der Waals surface area contributed by atoms with Gasteiger partial charge in [-0.3, -0.25) is 19.3 Å². The minimum atomic E-state index is -1.25. The number of thioether (sulfide) groups is 1. The average Bonchev–Trinajstić information content (AvgIpc) is 2.60. The van der Waals surface area contributed by atoms with Gasteiger partial charge in [0.05, 0.1) is 0 Å². The van der Waals surface area contributed by atoms with Crippen molar-refractivity contribution in [1.82, 2.24) is 10.2 Å². The average molecular weight is 449 g/mol. The van der Waals surface area contributed by atoms with Crippen molar-refractivity contribution in [2.75, 3.05) is 17.7 Å². The lowest BCUT2D eigenvalue weighted by molar-refractivity contribution is -0.151. The molecule has 0 aliphatic carbocycles. The van der Waals surface area contributed by atoms with Gasteiger partial charge in [0.1, 0.15) is 23.7 Å². The van der Waals surface area contributed by atoms with Crippen molar-refractivity contribution in [2.24, 2.45) is 0 Å². The third-order valence-electron chi connectivity index (χ3n) is 4.05. The van der Waals surface area contributed by atoms with Crippen LogP contribution in [0.25, 0.3) is 0 Å². The maximum Gasteiger partial charge on any atom is 0.352 e. The zero-order valence-corrected chi connectivity index (χ0v) is 16.7. The summed E-state index contributed by atoms with van der Waals surface area (Å²) in [5.74, 6) is -2.10. The Labute approximate surface area is 163 Å². The van der Waals surface area contributed by atoms with Crippen LogP contribution >= 0.6 is 27.7 Å². The van der Waals surface area contributed by atoms with Gasteiger partial charge < -0.3 is 15.2 Å². The number of carbonyl (C=O) groups excluding carboxylic acids is 3. The molecule has 10 heteroatoms. The molecule has 2 atom stereocenters. The Hall–Kier alpha value is -1.55. The van der Waals surface area contributed by atoms with Gasteiger partial charge in [-0.1, -0.05) is 22.4 Å². The van der Waals surface area contributed by atoms with E-state index in [-0.39, 0.29) is 18.2 Å². The Balaban J connectivity index is 1.99. The van der Waals surface area contributed by atoms with Crippen LogP contribution in [0.1, 0.15) is 32.6 Å². The minimum absolute atomic E-state index is 0.150. The number of fused-ring (bicyclic) bond motifs is 1. The predicted molar refractivity (Wildman–Crippen MR) is 98.6 cm³/mol. The molecule has 2 N–H and O–H groups in total. The molecular weight excluding hydrogens is 428 g/mol. The van der Waals surface area contributed by atoms with Crippen LogP contribution in [0.5, 0.6) is 0 Å². The van der Waals surface area contributed by atoms with E-state index in [4.69, 9.17) is 4.74 Å². The lowest BCUT2D eigenvalue weighted by Crippen LogP contribution is -2.70. The largest absolute Gasteiger partial charge is 0.477 e. The number of aliphatic carboxylic acids is 1.